The van der Waals surface area contributed by atoms with Gasteiger partial charge in [0.2, 0.25) is 5.91 Å². The lowest BCUT2D eigenvalue weighted by Crippen LogP contribution is -2.40. The van der Waals surface area contributed by atoms with Gasteiger partial charge < -0.3 is 19.9 Å². The molecule has 1 heterocycles. The first-order valence-electron chi connectivity index (χ1n) is 7.71. The lowest BCUT2D eigenvalue weighted by molar-refractivity contribution is -0.125. The highest BCUT2D eigenvalue weighted by molar-refractivity contribution is 7.13. The van der Waals surface area contributed by atoms with E-state index in [0.29, 0.717) is 23.7 Å². The minimum absolute atomic E-state index is 0.123. The molecule has 1 aliphatic carbocycles. The Kier molecular flexibility index (Phi) is 5.62. The van der Waals surface area contributed by atoms with Crippen LogP contribution in [0.4, 0.5) is 18.3 Å². The summed E-state index contributed by atoms with van der Waals surface area (Å²) in [5.41, 5.74) is 0.470. The molecule has 0 unspecified atom stereocenters. The molecule has 3 rings (SSSR count). The third-order valence-electron chi connectivity index (χ3n) is 3.82. The highest BCUT2D eigenvalue weighted by Crippen LogP contribution is 2.37. The number of amides is 1. The van der Waals surface area contributed by atoms with Gasteiger partial charge in [0.05, 0.1) is 12.3 Å². The van der Waals surface area contributed by atoms with Gasteiger partial charge in [0, 0.05) is 17.4 Å². The molecule has 1 aromatic carbocycles. The Morgan fingerprint density at radius 1 is 1.38 bits per heavy atom. The molecular weight excluding hydrogens is 373 g/mol. The molecule has 10 heteroatoms. The predicted octanol–water partition coefficient (Wildman–Crippen LogP) is 3.17. The van der Waals surface area contributed by atoms with Crippen molar-refractivity contribution in [3.8, 4) is 11.5 Å². The summed E-state index contributed by atoms with van der Waals surface area (Å²) >= 11 is 1.20. The van der Waals surface area contributed by atoms with Crippen LogP contribution in [0.1, 0.15) is 18.5 Å². The number of nitrogens with zero attached hydrogens (tertiary/aromatic N) is 1. The first kappa shape index (κ1) is 18.5. The Labute approximate surface area is 150 Å². The van der Waals surface area contributed by atoms with E-state index in [2.05, 4.69) is 15.0 Å². The molecule has 6 nitrogen and oxygen atoms in total. The fourth-order valence-corrected chi connectivity index (χ4v) is 3.17. The number of aliphatic hydroxyl groups is 1. The van der Waals surface area contributed by atoms with E-state index in [-0.39, 0.29) is 29.9 Å². The number of rotatable bonds is 7. The summed E-state index contributed by atoms with van der Waals surface area (Å²) in [4.78, 5) is 16.1. The monoisotopic (exact) mass is 388 g/mol. The number of anilines is 1. The molecule has 0 spiro atoms. The zero-order valence-electron chi connectivity index (χ0n) is 13.3. The van der Waals surface area contributed by atoms with Gasteiger partial charge in [-0.25, -0.2) is 9.37 Å². The fraction of sp³-hybridized carbons (Fsp3) is 0.375. The van der Waals surface area contributed by atoms with Crippen LogP contribution in [0.25, 0.3) is 0 Å². The number of benzene rings is 1. The molecule has 140 valence electrons. The molecule has 0 aliphatic heterocycles. The number of nitrogens with one attached hydrogen (secondary N) is 1. The molecule has 0 atom stereocenters. The van der Waals surface area contributed by atoms with Crippen LogP contribution in [0.15, 0.2) is 23.6 Å². The Morgan fingerprint density at radius 2 is 2.15 bits per heavy atom. The number of aromatic nitrogens is 1. The minimum Gasteiger partial charge on any atom is -0.486 e. The van der Waals surface area contributed by atoms with Crippen molar-refractivity contribution < 1.29 is 32.5 Å². The standard InChI is InChI=1S/C16H15F3N2O4S/c17-9-1-2-12(25-15(18)19)13(5-9)24-11-3-8(4-11)14(23)21-16-20-10(6-22)7-26-16/h1-2,5,7-8,11,15,22H,3-4,6H2,(H,20,21,23). The SMILES string of the molecule is O=C(Nc1nc(CO)cs1)C1CC(Oc2cc(F)ccc2OC(F)F)C1. The molecule has 1 fully saturated rings. The lowest BCUT2D eigenvalue weighted by Gasteiger charge is -2.34. The quantitative estimate of drug-likeness (QED) is 0.762. The Balaban J connectivity index is 1.53. The number of hydrogen-bond donors (Lipinski definition) is 2. The normalized spacial score (nSPS) is 19.1. The van der Waals surface area contributed by atoms with Crippen molar-refractivity contribution >= 4 is 22.4 Å². The molecule has 0 bridgehead atoms. The van der Waals surface area contributed by atoms with E-state index in [9.17, 15) is 18.0 Å². The third-order valence-corrected chi connectivity index (χ3v) is 4.63. The molecule has 2 N–H and O–H groups in total. The van der Waals surface area contributed by atoms with E-state index in [1.165, 1.54) is 11.3 Å². The lowest BCUT2D eigenvalue weighted by atomic mass is 9.81. The smallest absolute Gasteiger partial charge is 0.387 e. The highest BCUT2D eigenvalue weighted by atomic mass is 32.1. The van der Waals surface area contributed by atoms with Crippen molar-refractivity contribution in [3.05, 3.63) is 35.1 Å². The largest absolute Gasteiger partial charge is 0.486 e. The number of carbonyl (C=O) groups excluding carboxylic acids is 1. The predicted molar refractivity (Wildman–Crippen MR) is 86.8 cm³/mol. The number of halogens is 3. The average molecular weight is 388 g/mol. The molecule has 1 amide bonds. The van der Waals surface area contributed by atoms with Gasteiger partial charge in [-0.2, -0.15) is 8.78 Å². The summed E-state index contributed by atoms with van der Waals surface area (Å²) in [5, 5.41) is 13.6. The van der Waals surface area contributed by atoms with E-state index in [1.807, 2.05) is 0 Å². The average Bonchev–Trinajstić information content (AvgIpc) is 2.99. The summed E-state index contributed by atoms with van der Waals surface area (Å²) in [6.07, 6.45) is 0.306. The zero-order chi connectivity index (χ0) is 18.7. The first-order chi connectivity index (χ1) is 12.4. The number of aliphatic hydroxyl groups excluding tert-OH is 1. The van der Waals surface area contributed by atoms with Crippen molar-refractivity contribution in [1.82, 2.24) is 4.98 Å². The van der Waals surface area contributed by atoms with Gasteiger partial charge >= 0.3 is 6.61 Å². The molecule has 0 saturated heterocycles. The first-order valence-corrected chi connectivity index (χ1v) is 8.59. The van der Waals surface area contributed by atoms with Crippen molar-refractivity contribution in [1.29, 1.82) is 0 Å². The molecule has 1 saturated carbocycles. The van der Waals surface area contributed by atoms with E-state index in [0.717, 1.165) is 18.2 Å². The fourth-order valence-electron chi connectivity index (χ4n) is 2.47. The third kappa shape index (κ3) is 4.44. The minimum atomic E-state index is -3.05. The molecule has 1 aromatic heterocycles. The number of thiazole rings is 1. The van der Waals surface area contributed by atoms with Crippen LogP contribution in [-0.4, -0.2) is 28.7 Å². The number of hydrogen-bond acceptors (Lipinski definition) is 6. The summed E-state index contributed by atoms with van der Waals surface area (Å²) in [6.45, 7) is -3.26. The number of alkyl halides is 2. The van der Waals surface area contributed by atoms with Gasteiger partial charge in [-0.15, -0.1) is 11.3 Å². The second-order valence-corrected chi connectivity index (χ2v) is 6.53. The van der Waals surface area contributed by atoms with Crippen LogP contribution >= 0.6 is 11.3 Å². The van der Waals surface area contributed by atoms with Crippen molar-refractivity contribution in [2.24, 2.45) is 5.92 Å². The Bertz CT molecular complexity index is 781. The summed E-state index contributed by atoms with van der Waals surface area (Å²) in [5.74, 6) is -1.59. The van der Waals surface area contributed by atoms with E-state index >= 15 is 0 Å². The maximum atomic E-state index is 13.3. The topological polar surface area (TPSA) is 80.7 Å². The molecule has 26 heavy (non-hydrogen) atoms. The van der Waals surface area contributed by atoms with Gasteiger partial charge in [-0.3, -0.25) is 4.79 Å². The van der Waals surface area contributed by atoms with Gasteiger partial charge in [0.25, 0.3) is 0 Å². The zero-order valence-corrected chi connectivity index (χ0v) is 14.1. The molecule has 0 radical (unpaired) electrons. The second-order valence-electron chi connectivity index (χ2n) is 5.67. The maximum Gasteiger partial charge on any atom is 0.387 e. The summed E-state index contributed by atoms with van der Waals surface area (Å²) < 4.78 is 47.9. The molecule has 1 aliphatic rings. The van der Waals surface area contributed by atoms with Gasteiger partial charge in [-0.1, -0.05) is 0 Å². The van der Waals surface area contributed by atoms with E-state index in [1.54, 1.807) is 5.38 Å². The number of ether oxygens (including phenoxy) is 2. The second kappa shape index (κ2) is 7.92. The highest BCUT2D eigenvalue weighted by Gasteiger charge is 2.37. The van der Waals surface area contributed by atoms with Gasteiger partial charge in [0.15, 0.2) is 16.6 Å². The van der Waals surface area contributed by atoms with Crippen molar-refractivity contribution in [2.75, 3.05) is 5.32 Å². The van der Waals surface area contributed by atoms with Crippen molar-refractivity contribution in [2.45, 2.75) is 32.2 Å². The summed E-state index contributed by atoms with van der Waals surface area (Å²) in [6, 6.07) is 3.04. The van der Waals surface area contributed by atoms with Gasteiger partial charge in [-0.05, 0) is 25.0 Å². The van der Waals surface area contributed by atoms with Crippen LogP contribution < -0.4 is 14.8 Å². The van der Waals surface area contributed by atoms with Crippen LogP contribution in [0.3, 0.4) is 0 Å². The Morgan fingerprint density at radius 3 is 2.81 bits per heavy atom. The van der Waals surface area contributed by atoms with Crippen LogP contribution in [0.2, 0.25) is 0 Å². The maximum absolute atomic E-state index is 13.3. The van der Waals surface area contributed by atoms with Crippen LogP contribution in [0, 0.1) is 11.7 Å². The van der Waals surface area contributed by atoms with E-state index in [4.69, 9.17) is 9.84 Å². The van der Waals surface area contributed by atoms with Gasteiger partial charge in [0.1, 0.15) is 11.9 Å². The van der Waals surface area contributed by atoms with Crippen molar-refractivity contribution in [3.63, 3.8) is 0 Å². The molecule has 2 aromatic rings. The molecular formula is C16H15F3N2O4S. The number of carbonyl (C=O) groups is 1. The Hall–Kier alpha value is -2.33. The van der Waals surface area contributed by atoms with Crippen LogP contribution in [-0.2, 0) is 11.4 Å². The van der Waals surface area contributed by atoms with E-state index < -0.39 is 18.5 Å². The van der Waals surface area contributed by atoms with Crippen LogP contribution in [0.5, 0.6) is 11.5 Å². The summed E-state index contributed by atoms with van der Waals surface area (Å²) in [7, 11) is 0.